The number of hydrogen-bond donors (Lipinski definition) is 2. The van der Waals surface area contributed by atoms with Crippen molar-refractivity contribution < 1.29 is 4.79 Å². The summed E-state index contributed by atoms with van der Waals surface area (Å²) in [5, 5.41) is 5.99. The van der Waals surface area contributed by atoms with Gasteiger partial charge in [-0.1, -0.05) is 32.0 Å². The van der Waals surface area contributed by atoms with Crippen molar-refractivity contribution in [2.75, 3.05) is 5.32 Å². The summed E-state index contributed by atoms with van der Waals surface area (Å²) >= 11 is 0. The number of carbonyl (C=O) groups excluding carboxylic acids is 1. The number of pyridine rings is 1. The molecule has 1 aromatic heterocycles. The van der Waals surface area contributed by atoms with Gasteiger partial charge < -0.3 is 10.6 Å². The zero-order valence-corrected chi connectivity index (χ0v) is 13.4. The Bertz CT molecular complexity index is 603. The lowest BCUT2D eigenvalue weighted by molar-refractivity contribution is 0.249. The molecular weight excluding hydrogens is 274 g/mol. The first-order valence-electron chi connectivity index (χ1n) is 7.73. The van der Waals surface area contributed by atoms with E-state index >= 15 is 0 Å². The Balaban J connectivity index is 2.09. The summed E-state index contributed by atoms with van der Waals surface area (Å²) < 4.78 is 0. The Morgan fingerprint density at radius 3 is 2.23 bits per heavy atom. The molecule has 0 aliphatic rings. The van der Waals surface area contributed by atoms with Crippen molar-refractivity contribution in [2.45, 2.75) is 39.7 Å². The number of para-hydroxylation sites is 1. The van der Waals surface area contributed by atoms with Crippen molar-refractivity contribution in [2.24, 2.45) is 0 Å². The molecule has 1 atom stereocenters. The van der Waals surface area contributed by atoms with Crippen LogP contribution in [-0.4, -0.2) is 11.0 Å². The van der Waals surface area contributed by atoms with Gasteiger partial charge in [-0.25, -0.2) is 4.79 Å². The van der Waals surface area contributed by atoms with Gasteiger partial charge in [-0.3, -0.25) is 4.98 Å². The van der Waals surface area contributed by atoms with E-state index in [4.69, 9.17) is 0 Å². The average Bonchev–Trinajstić information content (AvgIpc) is 2.55. The SMILES string of the molecule is CCc1cccc(CC)c1NC(=O)NC(C)c1ccncc1. The fourth-order valence-corrected chi connectivity index (χ4v) is 2.48. The number of anilines is 1. The summed E-state index contributed by atoms with van der Waals surface area (Å²) in [7, 11) is 0. The Kier molecular flexibility index (Phi) is 5.53. The highest BCUT2D eigenvalue weighted by atomic mass is 16.2. The largest absolute Gasteiger partial charge is 0.331 e. The molecule has 2 aromatic rings. The van der Waals surface area contributed by atoms with Crippen LogP contribution in [0, 0.1) is 0 Å². The Labute approximate surface area is 132 Å². The molecule has 2 rings (SSSR count). The molecule has 22 heavy (non-hydrogen) atoms. The third kappa shape index (κ3) is 3.85. The maximum absolute atomic E-state index is 12.3. The second-order valence-electron chi connectivity index (χ2n) is 5.26. The number of hydrogen-bond acceptors (Lipinski definition) is 2. The van der Waals surface area contributed by atoms with Crippen LogP contribution in [0.1, 0.15) is 43.5 Å². The van der Waals surface area contributed by atoms with E-state index in [1.807, 2.05) is 25.1 Å². The van der Waals surface area contributed by atoms with Crippen LogP contribution in [0.25, 0.3) is 0 Å². The van der Waals surface area contributed by atoms with Crippen molar-refractivity contribution in [1.29, 1.82) is 0 Å². The second kappa shape index (κ2) is 7.59. The highest BCUT2D eigenvalue weighted by Gasteiger charge is 2.12. The Morgan fingerprint density at radius 1 is 1.09 bits per heavy atom. The maximum Gasteiger partial charge on any atom is 0.319 e. The smallest absolute Gasteiger partial charge is 0.319 e. The lowest BCUT2D eigenvalue weighted by atomic mass is 10.0. The minimum atomic E-state index is -0.181. The van der Waals surface area contributed by atoms with Gasteiger partial charge >= 0.3 is 6.03 Å². The molecule has 0 aliphatic carbocycles. The van der Waals surface area contributed by atoms with Gasteiger partial charge in [-0.05, 0) is 48.6 Å². The summed E-state index contributed by atoms with van der Waals surface area (Å²) in [5.41, 5.74) is 4.29. The maximum atomic E-state index is 12.3. The first-order valence-corrected chi connectivity index (χ1v) is 7.73. The van der Waals surface area contributed by atoms with Gasteiger partial charge in [-0.15, -0.1) is 0 Å². The van der Waals surface area contributed by atoms with Crippen molar-refractivity contribution in [3.05, 3.63) is 59.4 Å². The van der Waals surface area contributed by atoms with E-state index in [0.29, 0.717) is 0 Å². The van der Waals surface area contributed by atoms with Gasteiger partial charge in [0.15, 0.2) is 0 Å². The van der Waals surface area contributed by atoms with Crippen LogP contribution in [0.5, 0.6) is 0 Å². The quantitative estimate of drug-likeness (QED) is 0.873. The van der Waals surface area contributed by atoms with Crippen molar-refractivity contribution >= 4 is 11.7 Å². The zero-order valence-electron chi connectivity index (χ0n) is 13.4. The van der Waals surface area contributed by atoms with Crippen molar-refractivity contribution in [3.63, 3.8) is 0 Å². The number of carbonyl (C=O) groups is 1. The summed E-state index contributed by atoms with van der Waals surface area (Å²) in [5.74, 6) is 0. The molecule has 0 spiro atoms. The monoisotopic (exact) mass is 297 g/mol. The lowest BCUT2D eigenvalue weighted by Gasteiger charge is -2.18. The molecule has 0 radical (unpaired) electrons. The van der Waals surface area contributed by atoms with Crippen LogP contribution in [0.2, 0.25) is 0 Å². The third-order valence-corrected chi connectivity index (χ3v) is 3.79. The average molecular weight is 297 g/mol. The summed E-state index contributed by atoms with van der Waals surface area (Å²) in [6.45, 7) is 6.15. The first-order chi connectivity index (χ1) is 10.7. The molecule has 0 fully saturated rings. The molecule has 2 N–H and O–H groups in total. The number of nitrogens with one attached hydrogen (secondary N) is 2. The van der Waals surface area contributed by atoms with Gasteiger partial charge in [0.25, 0.3) is 0 Å². The molecule has 0 saturated heterocycles. The van der Waals surface area contributed by atoms with Crippen LogP contribution in [-0.2, 0) is 12.8 Å². The van der Waals surface area contributed by atoms with Gasteiger partial charge in [-0.2, -0.15) is 0 Å². The molecule has 2 amide bonds. The molecule has 1 aromatic carbocycles. The molecule has 116 valence electrons. The number of aryl methyl sites for hydroxylation is 2. The number of amides is 2. The lowest BCUT2D eigenvalue weighted by Crippen LogP contribution is -2.31. The van der Waals surface area contributed by atoms with Crippen LogP contribution in [0.3, 0.4) is 0 Å². The van der Waals surface area contributed by atoms with Gasteiger partial charge in [0.2, 0.25) is 0 Å². The molecule has 0 saturated carbocycles. The van der Waals surface area contributed by atoms with Crippen LogP contribution >= 0.6 is 0 Å². The fraction of sp³-hybridized carbons (Fsp3) is 0.333. The Morgan fingerprint density at radius 2 is 1.68 bits per heavy atom. The van der Waals surface area contributed by atoms with E-state index < -0.39 is 0 Å². The summed E-state index contributed by atoms with van der Waals surface area (Å²) in [6.07, 6.45) is 5.24. The van der Waals surface area contributed by atoms with E-state index in [2.05, 4.69) is 41.6 Å². The van der Waals surface area contributed by atoms with E-state index in [0.717, 1.165) is 35.2 Å². The van der Waals surface area contributed by atoms with E-state index in [1.165, 1.54) is 0 Å². The van der Waals surface area contributed by atoms with Gasteiger partial charge in [0.1, 0.15) is 0 Å². The number of benzene rings is 1. The molecular formula is C18H23N3O. The number of urea groups is 1. The first kappa shape index (κ1) is 16.0. The second-order valence-corrected chi connectivity index (χ2v) is 5.26. The topological polar surface area (TPSA) is 54.0 Å². The molecule has 4 heteroatoms. The summed E-state index contributed by atoms with van der Waals surface area (Å²) in [6, 6.07) is 9.72. The van der Waals surface area contributed by atoms with Crippen LogP contribution in [0.15, 0.2) is 42.7 Å². The van der Waals surface area contributed by atoms with E-state index in [9.17, 15) is 4.79 Å². The number of nitrogens with zero attached hydrogens (tertiary/aromatic N) is 1. The minimum Gasteiger partial charge on any atom is -0.331 e. The van der Waals surface area contributed by atoms with Crippen LogP contribution < -0.4 is 10.6 Å². The van der Waals surface area contributed by atoms with Crippen LogP contribution in [0.4, 0.5) is 10.5 Å². The fourth-order valence-electron chi connectivity index (χ4n) is 2.48. The number of rotatable bonds is 5. The predicted molar refractivity (Wildman–Crippen MR) is 90.0 cm³/mol. The molecule has 1 heterocycles. The van der Waals surface area contributed by atoms with E-state index in [-0.39, 0.29) is 12.1 Å². The van der Waals surface area contributed by atoms with Gasteiger partial charge in [0.05, 0.1) is 6.04 Å². The molecule has 0 aliphatic heterocycles. The highest BCUT2D eigenvalue weighted by molar-refractivity contribution is 5.91. The highest BCUT2D eigenvalue weighted by Crippen LogP contribution is 2.22. The Hall–Kier alpha value is -2.36. The predicted octanol–water partition coefficient (Wildman–Crippen LogP) is 4.09. The normalized spacial score (nSPS) is 11.8. The minimum absolute atomic E-state index is 0.0677. The molecule has 1 unspecified atom stereocenters. The molecule has 0 bridgehead atoms. The van der Waals surface area contributed by atoms with Crippen molar-refractivity contribution in [3.8, 4) is 0 Å². The zero-order chi connectivity index (χ0) is 15.9. The molecule has 4 nitrogen and oxygen atoms in total. The van der Waals surface area contributed by atoms with Crippen molar-refractivity contribution in [1.82, 2.24) is 10.3 Å². The number of aromatic nitrogens is 1. The summed E-state index contributed by atoms with van der Waals surface area (Å²) in [4.78, 5) is 16.3. The standard InChI is InChI=1S/C18H23N3O/c1-4-14-7-6-8-15(5-2)17(14)21-18(22)20-13(3)16-9-11-19-12-10-16/h6-13H,4-5H2,1-3H3,(H2,20,21,22). The third-order valence-electron chi connectivity index (χ3n) is 3.79. The van der Waals surface area contributed by atoms with Gasteiger partial charge in [0, 0.05) is 18.1 Å². The van der Waals surface area contributed by atoms with E-state index in [1.54, 1.807) is 12.4 Å².